The zero-order valence-electron chi connectivity index (χ0n) is 13.7. The minimum absolute atomic E-state index is 0.0400. The normalized spacial score (nSPS) is 11.8. The predicted molar refractivity (Wildman–Crippen MR) is 92.8 cm³/mol. The third-order valence-electron chi connectivity index (χ3n) is 4.13. The Labute approximate surface area is 139 Å². The molecule has 24 heavy (non-hydrogen) atoms. The zero-order chi connectivity index (χ0) is 17.5. The van der Waals surface area contributed by atoms with E-state index in [2.05, 4.69) is 11.6 Å². The lowest BCUT2D eigenvalue weighted by molar-refractivity contribution is 0.0164. The molecule has 2 N–H and O–H groups in total. The minimum atomic E-state index is -2.88. The van der Waals surface area contributed by atoms with Gasteiger partial charge in [-0.15, -0.1) is 0 Å². The molecule has 3 aromatic rings. The van der Waals surface area contributed by atoms with Gasteiger partial charge in [-0.05, 0) is 30.2 Å². The van der Waals surface area contributed by atoms with Gasteiger partial charge in [0.1, 0.15) is 5.82 Å². The number of alkyl halides is 2. The van der Waals surface area contributed by atoms with Crippen molar-refractivity contribution in [2.45, 2.75) is 26.3 Å². The molecule has 0 amide bonds. The summed E-state index contributed by atoms with van der Waals surface area (Å²) < 4.78 is 29.6. The Bertz CT molecular complexity index is 920. The molecule has 0 radical (unpaired) electrons. The van der Waals surface area contributed by atoms with Crippen LogP contribution in [0.4, 0.5) is 8.78 Å². The molecule has 0 fully saturated rings. The Hall–Kier alpha value is -2.69. The summed E-state index contributed by atoms with van der Waals surface area (Å²) in [5, 5.41) is 0. The summed E-state index contributed by atoms with van der Waals surface area (Å²) >= 11 is 0. The van der Waals surface area contributed by atoms with Gasteiger partial charge in [-0.2, -0.15) is 0 Å². The molecule has 1 heterocycles. The monoisotopic (exact) mass is 327 g/mol. The van der Waals surface area contributed by atoms with Gasteiger partial charge in [0.2, 0.25) is 0 Å². The molecule has 0 atom stereocenters. The van der Waals surface area contributed by atoms with E-state index in [9.17, 15) is 8.78 Å². The van der Waals surface area contributed by atoms with Gasteiger partial charge in [0.05, 0.1) is 11.0 Å². The summed E-state index contributed by atoms with van der Waals surface area (Å²) in [6.45, 7) is 6.85. The van der Waals surface area contributed by atoms with Crippen LogP contribution < -0.4 is 5.73 Å². The van der Waals surface area contributed by atoms with Crippen LogP contribution in [0.1, 0.15) is 29.4 Å². The Morgan fingerprint density at radius 1 is 1.25 bits per heavy atom. The first kappa shape index (κ1) is 16.2. The van der Waals surface area contributed by atoms with Crippen molar-refractivity contribution in [3.8, 4) is 0 Å². The summed E-state index contributed by atoms with van der Waals surface area (Å²) in [6.07, 6.45) is 0. The molecule has 0 saturated carbocycles. The number of imidazole rings is 1. The van der Waals surface area contributed by atoms with Crippen LogP contribution in [0.2, 0.25) is 0 Å². The van der Waals surface area contributed by atoms with Crippen molar-refractivity contribution in [3.05, 3.63) is 71.6 Å². The van der Waals surface area contributed by atoms with E-state index in [1.54, 1.807) is 18.2 Å². The van der Waals surface area contributed by atoms with Crippen molar-refractivity contribution in [2.24, 2.45) is 5.73 Å². The van der Waals surface area contributed by atoms with Crippen LogP contribution in [-0.4, -0.2) is 9.55 Å². The van der Waals surface area contributed by atoms with E-state index >= 15 is 0 Å². The molecule has 0 unspecified atom stereocenters. The zero-order valence-corrected chi connectivity index (χ0v) is 13.7. The van der Waals surface area contributed by atoms with E-state index in [4.69, 9.17) is 5.73 Å². The number of fused-ring (bicyclic) bond motifs is 1. The highest BCUT2D eigenvalue weighted by atomic mass is 19.3. The van der Waals surface area contributed by atoms with E-state index in [0.717, 1.165) is 29.3 Å². The van der Waals surface area contributed by atoms with Crippen LogP contribution in [0.5, 0.6) is 0 Å². The molecule has 1 aromatic heterocycles. The van der Waals surface area contributed by atoms with Gasteiger partial charge in [-0.25, -0.2) is 13.8 Å². The van der Waals surface area contributed by atoms with E-state index in [1.807, 2.05) is 29.7 Å². The summed E-state index contributed by atoms with van der Waals surface area (Å²) in [5.74, 6) is -2.12. The summed E-state index contributed by atoms with van der Waals surface area (Å²) in [4.78, 5) is 4.52. The number of nitrogens with zero attached hydrogens (tertiary/aromatic N) is 2. The Morgan fingerprint density at radius 3 is 2.62 bits per heavy atom. The standard InChI is InChI=1S/C19H19F2N3/c1-12(22)14-8-9-18-17(10-14)23-13(2)24(18)11-15-6-4-5-7-16(15)19(3,20)21/h4-10H,1,11,22H2,2-3H3. The number of aryl methyl sites for hydroxylation is 1. The molecule has 124 valence electrons. The molecule has 0 bridgehead atoms. The number of rotatable bonds is 4. The second kappa shape index (κ2) is 5.74. The molecule has 3 nitrogen and oxygen atoms in total. The van der Waals surface area contributed by atoms with E-state index in [1.165, 1.54) is 6.07 Å². The number of nitrogens with two attached hydrogens (primary N) is 1. The molecule has 2 aromatic carbocycles. The molecule has 0 spiro atoms. The van der Waals surface area contributed by atoms with Crippen molar-refractivity contribution in [3.63, 3.8) is 0 Å². The molecule has 0 aliphatic carbocycles. The van der Waals surface area contributed by atoms with Crippen molar-refractivity contribution in [1.82, 2.24) is 9.55 Å². The first-order chi connectivity index (χ1) is 11.3. The summed E-state index contributed by atoms with van der Waals surface area (Å²) in [7, 11) is 0. The predicted octanol–water partition coefficient (Wildman–Crippen LogP) is 4.43. The largest absolute Gasteiger partial charge is 0.399 e. The van der Waals surface area contributed by atoms with E-state index in [0.29, 0.717) is 17.8 Å². The van der Waals surface area contributed by atoms with Crippen molar-refractivity contribution in [2.75, 3.05) is 0 Å². The van der Waals surface area contributed by atoms with E-state index in [-0.39, 0.29) is 5.56 Å². The third kappa shape index (κ3) is 2.89. The first-order valence-electron chi connectivity index (χ1n) is 7.65. The first-order valence-corrected chi connectivity index (χ1v) is 7.65. The van der Waals surface area contributed by atoms with Gasteiger partial charge in [-0.3, -0.25) is 0 Å². The van der Waals surface area contributed by atoms with Crippen LogP contribution in [0.25, 0.3) is 16.7 Å². The fourth-order valence-corrected chi connectivity index (χ4v) is 2.91. The molecule has 3 rings (SSSR count). The maximum Gasteiger partial charge on any atom is 0.270 e. The van der Waals surface area contributed by atoms with Gasteiger partial charge in [-0.1, -0.05) is 36.9 Å². The number of hydrogen-bond acceptors (Lipinski definition) is 2. The lowest BCUT2D eigenvalue weighted by Gasteiger charge is -2.17. The number of halogens is 2. The quantitative estimate of drug-likeness (QED) is 0.770. The third-order valence-corrected chi connectivity index (χ3v) is 4.13. The fourth-order valence-electron chi connectivity index (χ4n) is 2.91. The highest BCUT2D eigenvalue weighted by Crippen LogP contribution is 2.31. The maximum atomic E-state index is 13.9. The Morgan fingerprint density at radius 2 is 1.96 bits per heavy atom. The lowest BCUT2D eigenvalue weighted by atomic mass is 10.0. The van der Waals surface area contributed by atoms with Crippen LogP contribution in [0, 0.1) is 6.92 Å². The van der Waals surface area contributed by atoms with Gasteiger partial charge >= 0.3 is 0 Å². The van der Waals surface area contributed by atoms with Gasteiger partial charge < -0.3 is 10.3 Å². The molecule has 0 aliphatic rings. The van der Waals surface area contributed by atoms with Crippen LogP contribution in [0.15, 0.2) is 49.0 Å². The van der Waals surface area contributed by atoms with Crippen molar-refractivity contribution >= 4 is 16.7 Å². The van der Waals surface area contributed by atoms with Gasteiger partial charge in [0.25, 0.3) is 5.92 Å². The Kier molecular flexibility index (Phi) is 3.87. The van der Waals surface area contributed by atoms with Crippen LogP contribution in [-0.2, 0) is 12.5 Å². The number of benzene rings is 2. The summed E-state index contributed by atoms with van der Waals surface area (Å²) in [5.41, 5.74) is 9.29. The topological polar surface area (TPSA) is 43.8 Å². The smallest absolute Gasteiger partial charge is 0.270 e. The van der Waals surface area contributed by atoms with Crippen LogP contribution in [0.3, 0.4) is 0 Å². The van der Waals surface area contributed by atoms with Gasteiger partial charge in [0.15, 0.2) is 0 Å². The second-order valence-electron chi connectivity index (χ2n) is 6.02. The van der Waals surface area contributed by atoms with Gasteiger partial charge in [0, 0.05) is 24.7 Å². The Balaban J connectivity index is 2.09. The highest BCUT2D eigenvalue weighted by molar-refractivity contribution is 5.80. The van der Waals surface area contributed by atoms with Crippen LogP contribution >= 0.6 is 0 Å². The van der Waals surface area contributed by atoms with Crippen molar-refractivity contribution in [1.29, 1.82) is 0 Å². The lowest BCUT2D eigenvalue weighted by Crippen LogP contribution is -2.13. The van der Waals surface area contributed by atoms with Crippen molar-refractivity contribution < 1.29 is 8.78 Å². The second-order valence-corrected chi connectivity index (χ2v) is 6.02. The average Bonchev–Trinajstić information content (AvgIpc) is 2.82. The molecule has 5 heteroatoms. The molecular weight excluding hydrogens is 308 g/mol. The SMILES string of the molecule is C=C(N)c1ccc2c(c1)nc(C)n2Cc1ccccc1C(C)(F)F. The molecule has 0 saturated heterocycles. The maximum absolute atomic E-state index is 13.9. The minimum Gasteiger partial charge on any atom is -0.399 e. The summed E-state index contributed by atoms with van der Waals surface area (Å²) in [6, 6.07) is 12.2. The highest BCUT2D eigenvalue weighted by Gasteiger charge is 2.27. The molecule has 0 aliphatic heterocycles. The fraction of sp³-hybridized carbons (Fsp3) is 0.211. The average molecular weight is 327 g/mol. The number of aromatic nitrogens is 2. The molecular formula is C19H19F2N3. The number of hydrogen-bond donors (Lipinski definition) is 1. The van der Waals surface area contributed by atoms with E-state index < -0.39 is 5.92 Å².